The number of aromatic nitrogens is 5. The Morgan fingerprint density at radius 3 is 2.64 bits per heavy atom. The van der Waals surface area contributed by atoms with Crippen molar-refractivity contribution in [2.24, 2.45) is 11.7 Å². The van der Waals surface area contributed by atoms with Crippen LogP contribution in [0.15, 0.2) is 41.0 Å². The molecule has 1 aliphatic heterocycles. The molecule has 0 radical (unpaired) electrons. The second kappa shape index (κ2) is 11.4. The molecule has 6 N–H and O–H groups in total. The van der Waals surface area contributed by atoms with Gasteiger partial charge in [0.2, 0.25) is 5.88 Å². The maximum atomic E-state index is 10.3. The van der Waals surface area contributed by atoms with Gasteiger partial charge in [-0.25, -0.2) is 14.6 Å². The molecule has 39 heavy (non-hydrogen) atoms. The zero-order valence-corrected chi connectivity index (χ0v) is 22.2. The van der Waals surface area contributed by atoms with Crippen molar-refractivity contribution in [3.63, 3.8) is 0 Å². The van der Waals surface area contributed by atoms with Crippen molar-refractivity contribution < 1.29 is 14.5 Å². The van der Waals surface area contributed by atoms with E-state index >= 15 is 0 Å². The number of ether oxygens (including phenoxy) is 1. The number of nitrogen functional groups attached to an aromatic ring is 1. The molecule has 4 aromatic rings. The number of piperidine rings is 1. The van der Waals surface area contributed by atoms with Crippen LogP contribution in [0.3, 0.4) is 0 Å². The van der Waals surface area contributed by atoms with Crippen LogP contribution >= 0.6 is 0 Å². The zero-order valence-electron chi connectivity index (χ0n) is 22.2. The minimum absolute atomic E-state index is 0.147. The van der Waals surface area contributed by atoms with Crippen LogP contribution in [0, 0.1) is 17.8 Å². The van der Waals surface area contributed by atoms with E-state index in [0.717, 1.165) is 43.4 Å². The fourth-order valence-electron chi connectivity index (χ4n) is 4.76. The highest BCUT2D eigenvalue weighted by Gasteiger charge is 2.24. The summed E-state index contributed by atoms with van der Waals surface area (Å²) in [7, 11) is 0. The van der Waals surface area contributed by atoms with Gasteiger partial charge in [0.05, 0.1) is 5.52 Å². The van der Waals surface area contributed by atoms with Crippen LogP contribution in [0.5, 0.6) is 5.88 Å². The summed E-state index contributed by atoms with van der Waals surface area (Å²) in [6, 6.07) is 11.6. The molecule has 3 aromatic heterocycles. The number of rotatable bonds is 8. The van der Waals surface area contributed by atoms with Crippen molar-refractivity contribution in [3.8, 4) is 29.2 Å². The van der Waals surface area contributed by atoms with E-state index in [0.29, 0.717) is 41.1 Å². The number of fused-ring (bicyclic) bond motifs is 1. The lowest BCUT2D eigenvalue weighted by molar-refractivity contribution is 0.143. The number of imidazole rings is 1. The maximum Gasteiger partial charge on any atom is 0.217 e. The molecule has 11 nitrogen and oxygen atoms in total. The Hall–Kier alpha value is -3.98. The van der Waals surface area contributed by atoms with Gasteiger partial charge in [0, 0.05) is 19.2 Å². The fourth-order valence-corrected chi connectivity index (χ4v) is 4.76. The van der Waals surface area contributed by atoms with Crippen molar-refractivity contribution in [3.05, 3.63) is 47.7 Å². The first kappa shape index (κ1) is 26.6. The standard InChI is InChI=1S/C28H34N8O3/c1-28(2,37)12-8-20-24-21(16-23(32-20)38-22(17-29)19-6-4-3-5-7-19)36(15-11-18-9-13-31-14-10-18)27(33-24)25-26(30)35-39-34-25/h3-7,16,18,22,31,37H,9-11,13-15,17,29H2,1-2H3,(H2,30,35)/t22-/m1/s1. The van der Waals surface area contributed by atoms with E-state index in [4.69, 9.17) is 25.8 Å². The second-order valence-corrected chi connectivity index (χ2v) is 10.3. The van der Waals surface area contributed by atoms with Crippen molar-refractivity contribution in [1.29, 1.82) is 0 Å². The van der Waals surface area contributed by atoms with Gasteiger partial charge >= 0.3 is 0 Å². The summed E-state index contributed by atoms with van der Waals surface area (Å²) in [5.74, 6) is 7.45. The Kier molecular flexibility index (Phi) is 7.79. The quantitative estimate of drug-likeness (QED) is 0.249. The molecule has 0 unspecified atom stereocenters. The lowest BCUT2D eigenvalue weighted by Gasteiger charge is -2.23. The zero-order chi connectivity index (χ0) is 27.4. The van der Waals surface area contributed by atoms with E-state index in [9.17, 15) is 5.11 Å². The van der Waals surface area contributed by atoms with Crippen LogP contribution in [-0.2, 0) is 6.54 Å². The van der Waals surface area contributed by atoms with E-state index in [1.807, 2.05) is 36.4 Å². The van der Waals surface area contributed by atoms with Gasteiger partial charge in [-0.2, -0.15) is 0 Å². The fraction of sp³-hybridized carbons (Fsp3) is 0.429. The van der Waals surface area contributed by atoms with Crippen LogP contribution in [0.2, 0.25) is 0 Å². The third-order valence-corrected chi connectivity index (χ3v) is 6.79. The van der Waals surface area contributed by atoms with Crippen LogP contribution in [0.1, 0.15) is 50.5 Å². The van der Waals surface area contributed by atoms with Crippen LogP contribution in [0.4, 0.5) is 5.82 Å². The highest BCUT2D eigenvalue weighted by Crippen LogP contribution is 2.32. The van der Waals surface area contributed by atoms with Gasteiger partial charge in [-0.3, -0.25) is 0 Å². The summed E-state index contributed by atoms with van der Waals surface area (Å²) in [6.45, 7) is 6.19. The number of nitrogens with two attached hydrogens (primary N) is 2. The number of nitrogens with zero attached hydrogens (tertiary/aromatic N) is 5. The van der Waals surface area contributed by atoms with Crippen LogP contribution in [-0.4, -0.2) is 55.2 Å². The number of hydrogen-bond acceptors (Lipinski definition) is 10. The van der Waals surface area contributed by atoms with Gasteiger partial charge in [-0.05, 0) is 73.9 Å². The molecule has 0 spiro atoms. The molecule has 0 amide bonds. The van der Waals surface area contributed by atoms with Gasteiger partial charge < -0.3 is 31.2 Å². The van der Waals surface area contributed by atoms with Crippen LogP contribution in [0.25, 0.3) is 22.6 Å². The molecule has 1 atom stereocenters. The Bertz CT molecular complexity index is 1470. The Morgan fingerprint density at radius 1 is 1.21 bits per heavy atom. The van der Waals surface area contributed by atoms with Crippen molar-refractivity contribution >= 4 is 16.9 Å². The summed E-state index contributed by atoms with van der Waals surface area (Å²) in [6.07, 6.45) is 2.77. The molecule has 0 bridgehead atoms. The number of benzene rings is 1. The Labute approximate surface area is 226 Å². The molecule has 1 fully saturated rings. The second-order valence-electron chi connectivity index (χ2n) is 10.3. The third kappa shape index (κ3) is 6.20. The smallest absolute Gasteiger partial charge is 0.217 e. The first-order valence-corrected chi connectivity index (χ1v) is 13.2. The highest BCUT2D eigenvalue weighted by atomic mass is 16.6. The minimum atomic E-state index is -1.23. The van der Waals surface area contributed by atoms with Crippen LogP contribution < -0.4 is 21.5 Å². The van der Waals surface area contributed by atoms with E-state index in [-0.39, 0.29) is 12.4 Å². The Morgan fingerprint density at radius 2 is 1.97 bits per heavy atom. The predicted molar refractivity (Wildman–Crippen MR) is 147 cm³/mol. The summed E-state index contributed by atoms with van der Waals surface area (Å²) in [5.41, 5.74) is 13.9. The normalized spacial score (nSPS) is 15.2. The Balaban J connectivity index is 1.64. The van der Waals surface area contributed by atoms with E-state index in [1.54, 1.807) is 13.8 Å². The number of hydrogen-bond donors (Lipinski definition) is 4. The molecule has 4 heterocycles. The maximum absolute atomic E-state index is 10.3. The largest absolute Gasteiger partial charge is 0.468 e. The summed E-state index contributed by atoms with van der Waals surface area (Å²) in [5, 5.41) is 21.5. The molecule has 204 valence electrons. The molecule has 1 saturated heterocycles. The molecule has 0 aliphatic carbocycles. The number of aryl methyl sites for hydroxylation is 1. The minimum Gasteiger partial charge on any atom is -0.468 e. The van der Waals surface area contributed by atoms with Gasteiger partial charge in [-0.1, -0.05) is 36.3 Å². The van der Waals surface area contributed by atoms with Gasteiger partial charge in [0.1, 0.15) is 22.9 Å². The van der Waals surface area contributed by atoms with Crippen molar-refractivity contribution in [1.82, 2.24) is 30.2 Å². The molecule has 5 rings (SSSR count). The monoisotopic (exact) mass is 530 g/mol. The van der Waals surface area contributed by atoms with E-state index in [1.165, 1.54) is 0 Å². The molecule has 1 aliphatic rings. The summed E-state index contributed by atoms with van der Waals surface area (Å²) in [4.78, 5) is 9.55. The number of pyridine rings is 1. The predicted octanol–water partition coefficient (Wildman–Crippen LogP) is 2.65. The lowest BCUT2D eigenvalue weighted by atomic mass is 9.95. The first-order valence-electron chi connectivity index (χ1n) is 13.2. The third-order valence-electron chi connectivity index (χ3n) is 6.79. The topological polar surface area (TPSA) is 163 Å². The molecular weight excluding hydrogens is 496 g/mol. The summed E-state index contributed by atoms with van der Waals surface area (Å²) < 4.78 is 13.3. The van der Waals surface area contributed by atoms with Gasteiger partial charge in [0.15, 0.2) is 17.3 Å². The van der Waals surface area contributed by atoms with E-state index in [2.05, 4.69) is 37.0 Å². The number of anilines is 1. The molecule has 1 aromatic carbocycles. The average Bonchev–Trinajstić information content (AvgIpc) is 3.52. The first-order chi connectivity index (χ1) is 18.8. The number of nitrogens with one attached hydrogen (secondary N) is 1. The summed E-state index contributed by atoms with van der Waals surface area (Å²) >= 11 is 0. The SMILES string of the molecule is CC(C)(O)C#Cc1nc(O[C@H](CN)c2ccccc2)cc2c1nc(-c1nonc1N)n2CCC1CCNCC1. The number of aliphatic hydroxyl groups is 1. The van der Waals surface area contributed by atoms with E-state index < -0.39 is 11.7 Å². The highest BCUT2D eigenvalue weighted by molar-refractivity contribution is 5.86. The van der Waals surface area contributed by atoms with Gasteiger partial charge in [-0.15, -0.1) is 0 Å². The lowest BCUT2D eigenvalue weighted by Crippen LogP contribution is -2.28. The van der Waals surface area contributed by atoms with Crippen molar-refractivity contribution in [2.75, 3.05) is 25.4 Å². The molecule has 0 saturated carbocycles. The average molecular weight is 531 g/mol. The molecular formula is C28H34N8O3. The molecule has 11 heteroatoms. The van der Waals surface area contributed by atoms with Gasteiger partial charge in [0.25, 0.3) is 0 Å². The van der Waals surface area contributed by atoms with Crippen molar-refractivity contribution in [2.45, 2.75) is 51.4 Å².